The van der Waals surface area contributed by atoms with E-state index in [0.29, 0.717) is 43.8 Å². The van der Waals surface area contributed by atoms with Gasteiger partial charge in [0.15, 0.2) is 15.8 Å². The minimum Gasteiger partial charge on any atom is -0.490 e. The fourth-order valence-electron chi connectivity index (χ4n) is 2.41. The molecule has 1 aliphatic rings. The highest BCUT2D eigenvalue weighted by Crippen LogP contribution is 2.37. The molecule has 1 amide bonds. The third kappa shape index (κ3) is 4.89. The average molecular weight is 483 g/mol. The van der Waals surface area contributed by atoms with Crippen molar-refractivity contribution in [1.82, 2.24) is 5.01 Å². The largest absolute Gasteiger partial charge is 0.490 e. The summed E-state index contributed by atoms with van der Waals surface area (Å²) in [5, 5.41) is 5.37. The van der Waals surface area contributed by atoms with Crippen LogP contribution < -0.4 is 9.47 Å². The lowest BCUT2D eigenvalue weighted by atomic mass is 10.2. The van der Waals surface area contributed by atoms with Crippen LogP contribution in [0.4, 0.5) is 4.39 Å². The molecular weight excluding hydrogens is 467 g/mol. The third-order valence-corrected chi connectivity index (χ3v) is 5.64. The SMILES string of the molecule is CCOc1cc(/C=N\N2C(=O)CSC2=S)cc(Br)c1OCc1ccccc1F. The van der Waals surface area contributed by atoms with Crippen molar-refractivity contribution in [3.8, 4) is 11.5 Å². The zero-order valence-corrected chi connectivity index (χ0v) is 18.1. The highest BCUT2D eigenvalue weighted by molar-refractivity contribution is 9.10. The van der Waals surface area contributed by atoms with Crippen molar-refractivity contribution < 1.29 is 18.7 Å². The van der Waals surface area contributed by atoms with E-state index in [9.17, 15) is 9.18 Å². The lowest BCUT2D eigenvalue weighted by Gasteiger charge is -2.15. The van der Waals surface area contributed by atoms with Crippen LogP contribution in [0.5, 0.6) is 11.5 Å². The molecule has 3 rings (SSSR count). The Kier molecular flexibility index (Phi) is 7.03. The molecule has 0 N–H and O–H groups in total. The van der Waals surface area contributed by atoms with Crippen LogP contribution >= 0.6 is 39.9 Å². The van der Waals surface area contributed by atoms with Crippen molar-refractivity contribution in [3.05, 3.63) is 57.8 Å². The molecule has 28 heavy (non-hydrogen) atoms. The van der Waals surface area contributed by atoms with E-state index in [4.69, 9.17) is 21.7 Å². The molecule has 5 nitrogen and oxygen atoms in total. The summed E-state index contributed by atoms with van der Waals surface area (Å²) in [5.41, 5.74) is 1.14. The highest BCUT2D eigenvalue weighted by atomic mass is 79.9. The molecule has 1 heterocycles. The van der Waals surface area contributed by atoms with Gasteiger partial charge in [-0.25, -0.2) is 4.39 Å². The Labute approximate surface area is 180 Å². The maximum absolute atomic E-state index is 13.8. The molecule has 0 aromatic heterocycles. The number of hydrogen-bond donors (Lipinski definition) is 0. The number of ether oxygens (including phenoxy) is 2. The first-order valence-corrected chi connectivity index (χ1v) is 10.5. The van der Waals surface area contributed by atoms with Gasteiger partial charge in [0.25, 0.3) is 5.91 Å². The van der Waals surface area contributed by atoms with E-state index in [1.807, 2.05) is 6.92 Å². The molecular formula is C19H16BrFN2O3S2. The van der Waals surface area contributed by atoms with Gasteiger partial charge in [-0.3, -0.25) is 4.79 Å². The Balaban J connectivity index is 1.82. The quantitative estimate of drug-likeness (QED) is 0.420. The molecule has 0 spiro atoms. The van der Waals surface area contributed by atoms with Crippen molar-refractivity contribution in [1.29, 1.82) is 0 Å². The van der Waals surface area contributed by atoms with Crippen LogP contribution in [0.1, 0.15) is 18.1 Å². The molecule has 1 saturated heterocycles. The number of amides is 1. The summed E-state index contributed by atoms with van der Waals surface area (Å²) in [6, 6.07) is 9.95. The smallest absolute Gasteiger partial charge is 0.259 e. The van der Waals surface area contributed by atoms with Crippen molar-refractivity contribution in [3.63, 3.8) is 0 Å². The molecule has 0 bridgehead atoms. The van der Waals surface area contributed by atoms with Crippen molar-refractivity contribution >= 4 is 56.4 Å². The van der Waals surface area contributed by atoms with Crippen LogP contribution in [0.3, 0.4) is 0 Å². The number of carbonyl (C=O) groups is 1. The van der Waals surface area contributed by atoms with Crippen molar-refractivity contribution in [2.75, 3.05) is 12.4 Å². The number of nitrogens with zero attached hydrogens (tertiary/aromatic N) is 2. The van der Waals surface area contributed by atoms with Gasteiger partial charge >= 0.3 is 0 Å². The van der Waals surface area contributed by atoms with E-state index >= 15 is 0 Å². The molecule has 9 heteroatoms. The second-order valence-corrected chi connectivity index (χ2v) is 8.11. The maximum atomic E-state index is 13.8. The molecule has 0 saturated carbocycles. The first-order chi connectivity index (χ1) is 13.5. The summed E-state index contributed by atoms with van der Waals surface area (Å²) < 4.78 is 26.4. The van der Waals surface area contributed by atoms with E-state index in [1.54, 1.807) is 30.3 Å². The minimum absolute atomic E-state index is 0.0621. The van der Waals surface area contributed by atoms with Gasteiger partial charge in [-0.2, -0.15) is 10.1 Å². The van der Waals surface area contributed by atoms with Gasteiger partial charge in [-0.05, 0) is 46.6 Å². The average Bonchev–Trinajstić information content (AvgIpc) is 2.99. The van der Waals surface area contributed by atoms with Gasteiger partial charge < -0.3 is 9.47 Å². The van der Waals surface area contributed by atoms with Crippen LogP contribution in [-0.2, 0) is 11.4 Å². The van der Waals surface area contributed by atoms with Gasteiger partial charge in [0.05, 0.1) is 23.0 Å². The van der Waals surface area contributed by atoms with E-state index < -0.39 is 0 Å². The summed E-state index contributed by atoms with van der Waals surface area (Å²) in [6.45, 7) is 2.34. The van der Waals surface area contributed by atoms with Gasteiger partial charge in [0, 0.05) is 5.56 Å². The third-order valence-electron chi connectivity index (χ3n) is 3.71. The monoisotopic (exact) mass is 482 g/mol. The summed E-state index contributed by atoms with van der Waals surface area (Å²) >= 11 is 9.86. The van der Waals surface area contributed by atoms with E-state index in [0.717, 1.165) is 0 Å². The summed E-state index contributed by atoms with van der Waals surface area (Å²) in [6.07, 6.45) is 1.53. The molecule has 2 aromatic carbocycles. The molecule has 2 aromatic rings. The second-order valence-electron chi connectivity index (χ2n) is 5.65. The number of hydrogen-bond acceptors (Lipinski definition) is 6. The van der Waals surface area contributed by atoms with Crippen molar-refractivity contribution in [2.45, 2.75) is 13.5 Å². The molecule has 1 aliphatic heterocycles. The molecule has 146 valence electrons. The van der Waals surface area contributed by atoms with Crippen LogP contribution in [0, 0.1) is 5.82 Å². The molecule has 0 aliphatic carbocycles. The standard InChI is InChI=1S/C19H16BrFN2O3S2/c1-2-25-16-8-12(9-22-23-17(24)11-28-19(23)27)7-14(20)18(16)26-10-13-5-3-4-6-15(13)21/h3-9H,2,10-11H2,1H3/b22-9-. The van der Waals surface area contributed by atoms with E-state index in [-0.39, 0.29) is 18.3 Å². The maximum Gasteiger partial charge on any atom is 0.259 e. The zero-order valence-electron chi connectivity index (χ0n) is 14.9. The number of thioether (sulfide) groups is 1. The fourth-order valence-corrected chi connectivity index (χ4v) is 3.95. The predicted octanol–water partition coefficient (Wildman–Crippen LogP) is 4.76. The van der Waals surface area contributed by atoms with Crippen molar-refractivity contribution in [2.24, 2.45) is 5.10 Å². The van der Waals surface area contributed by atoms with Gasteiger partial charge in [0.1, 0.15) is 12.4 Å². The number of carbonyl (C=O) groups excluding carboxylic acids is 1. The Hall–Kier alpha value is -1.97. The normalized spacial score (nSPS) is 14.2. The number of rotatable bonds is 7. The Bertz CT molecular complexity index is 923. The van der Waals surface area contributed by atoms with Gasteiger partial charge in [-0.1, -0.05) is 42.2 Å². The first-order valence-electron chi connectivity index (χ1n) is 8.35. The molecule has 0 radical (unpaired) electrons. The number of hydrazone groups is 1. The lowest BCUT2D eigenvalue weighted by Crippen LogP contribution is -2.22. The molecule has 1 fully saturated rings. The van der Waals surface area contributed by atoms with Crippen LogP contribution in [0.2, 0.25) is 0 Å². The number of benzene rings is 2. The summed E-state index contributed by atoms with van der Waals surface area (Å²) in [5.74, 6) is 0.766. The minimum atomic E-state index is -0.329. The number of thiocarbonyl (C=S) groups is 1. The van der Waals surface area contributed by atoms with Gasteiger partial charge in [0.2, 0.25) is 0 Å². The van der Waals surface area contributed by atoms with E-state index in [1.165, 1.54) is 29.1 Å². The Morgan fingerprint density at radius 2 is 2.14 bits per heavy atom. The molecule has 0 atom stereocenters. The lowest BCUT2D eigenvalue weighted by molar-refractivity contribution is -0.123. The topological polar surface area (TPSA) is 51.1 Å². The molecule has 0 unspecified atom stereocenters. The Morgan fingerprint density at radius 3 is 2.82 bits per heavy atom. The number of halogens is 2. The van der Waals surface area contributed by atoms with E-state index in [2.05, 4.69) is 21.0 Å². The van der Waals surface area contributed by atoms with Crippen LogP contribution in [0.15, 0.2) is 46.0 Å². The zero-order chi connectivity index (χ0) is 20.1. The Morgan fingerprint density at radius 1 is 1.36 bits per heavy atom. The highest BCUT2D eigenvalue weighted by Gasteiger charge is 2.26. The summed E-state index contributed by atoms with van der Waals surface area (Å²) in [7, 11) is 0. The fraction of sp³-hybridized carbons (Fsp3) is 0.211. The summed E-state index contributed by atoms with van der Waals surface area (Å²) in [4.78, 5) is 11.8. The first kappa shape index (κ1) is 20.8. The second kappa shape index (κ2) is 9.49. The van der Waals surface area contributed by atoms with Crippen LogP contribution in [0.25, 0.3) is 0 Å². The van der Waals surface area contributed by atoms with Crippen LogP contribution in [-0.4, -0.2) is 33.8 Å². The predicted molar refractivity (Wildman–Crippen MR) is 116 cm³/mol. The van der Waals surface area contributed by atoms with Gasteiger partial charge in [-0.15, -0.1) is 0 Å².